The second-order valence-corrected chi connectivity index (χ2v) is 5.01. The molecule has 0 bridgehead atoms. The second kappa shape index (κ2) is 6.58. The number of esters is 1. The fourth-order valence-corrected chi connectivity index (χ4v) is 2.23. The number of nitrogens with zero attached hydrogens (tertiary/aromatic N) is 1. The van der Waals surface area contributed by atoms with Crippen molar-refractivity contribution in [2.45, 2.75) is 19.1 Å². The summed E-state index contributed by atoms with van der Waals surface area (Å²) in [5.41, 5.74) is -0.264. The highest BCUT2D eigenvalue weighted by Crippen LogP contribution is 2.22. The molecule has 0 aromatic heterocycles. The molecule has 21 heavy (non-hydrogen) atoms. The number of methoxy groups -OCH3 is 1. The van der Waals surface area contributed by atoms with E-state index in [4.69, 9.17) is 14.2 Å². The Balaban J connectivity index is 2.03. The van der Waals surface area contributed by atoms with E-state index >= 15 is 0 Å². The number of hydrogen-bond acceptors (Lipinski definition) is 5. The molecule has 0 N–H and O–H groups in total. The standard InChI is InChI=1S/C15H19NO5/c1-15(13(17)19-2)11-20-9-8-16(15)14(18)21-10-12-6-4-3-5-7-12/h3-7H,8-11H2,1-2H3. The van der Waals surface area contributed by atoms with E-state index in [1.165, 1.54) is 12.0 Å². The van der Waals surface area contributed by atoms with Crippen LogP contribution in [0, 0.1) is 0 Å². The molecule has 6 nitrogen and oxygen atoms in total. The van der Waals surface area contributed by atoms with Gasteiger partial charge in [-0.3, -0.25) is 4.90 Å². The van der Waals surface area contributed by atoms with Crippen LogP contribution in [0.25, 0.3) is 0 Å². The van der Waals surface area contributed by atoms with E-state index in [2.05, 4.69) is 0 Å². The van der Waals surface area contributed by atoms with Crippen LogP contribution in [0.1, 0.15) is 12.5 Å². The van der Waals surface area contributed by atoms with Gasteiger partial charge in [-0.25, -0.2) is 9.59 Å². The van der Waals surface area contributed by atoms with Crippen LogP contribution in [0.2, 0.25) is 0 Å². The summed E-state index contributed by atoms with van der Waals surface area (Å²) in [4.78, 5) is 25.5. The van der Waals surface area contributed by atoms with Crippen molar-refractivity contribution in [3.05, 3.63) is 35.9 Å². The molecule has 0 radical (unpaired) electrons. The molecule has 1 atom stereocenters. The molecule has 1 heterocycles. The Morgan fingerprint density at radius 1 is 1.33 bits per heavy atom. The first-order valence-electron chi connectivity index (χ1n) is 6.72. The van der Waals surface area contributed by atoms with Crippen LogP contribution >= 0.6 is 0 Å². The maximum Gasteiger partial charge on any atom is 0.411 e. The first-order chi connectivity index (χ1) is 10.1. The van der Waals surface area contributed by atoms with E-state index in [9.17, 15) is 9.59 Å². The molecule has 2 rings (SSSR count). The third-order valence-electron chi connectivity index (χ3n) is 3.49. The van der Waals surface area contributed by atoms with Gasteiger partial charge in [0.25, 0.3) is 0 Å². The monoisotopic (exact) mass is 293 g/mol. The van der Waals surface area contributed by atoms with Crippen LogP contribution in [0.3, 0.4) is 0 Å². The highest BCUT2D eigenvalue weighted by Gasteiger charge is 2.46. The zero-order valence-corrected chi connectivity index (χ0v) is 12.2. The predicted octanol–water partition coefficient (Wildman–Crippen LogP) is 1.59. The Hall–Kier alpha value is -2.08. The molecule has 0 spiro atoms. The van der Waals surface area contributed by atoms with Crippen LogP contribution in [-0.4, -0.2) is 49.4 Å². The lowest BCUT2D eigenvalue weighted by Gasteiger charge is -2.41. The highest BCUT2D eigenvalue weighted by molar-refractivity contribution is 5.85. The van der Waals surface area contributed by atoms with Gasteiger partial charge >= 0.3 is 12.1 Å². The van der Waals surface area contributed by atoms with Gasteiger partial charge in [0.2, 0.25) is 0 Å². The molecule has 1 aromatic rings. The summed E-state index contributed by atoms with van der Waals surface area (Å²) < 4.78 is 15.3. The summed E-state index contributed by atoms with van der Waals surface area (Å²) in [5.74, 6) is -0.515. The van der Waals surface area contributed by atoms with E-state index in [1.807, 2.05) is 30.3 Å². The predicted molar refractivity (Wildman–Crippen MR) is 74.6 cm³/mol. The summed E-state index contributed by atoms with van der Waals surface area (Å²) in [6, 6.07) is 9.37. The molecular weight excluding hydrogens is 274 g/mol. The Bertz CT molecular complexity index is 504. The minimum absolute atomic E-state index is 0.0973. The molecular formula is C15H19NO5. The Kier molecular flexibility index (Phi) is 4.80. The van der Waals surface area contributed by atoms with E-state index < -0.39 is 17.6 Å². The van der Waals surface area contributed by atoms with Crippen molar-refractivity contribution in [3.63, 3.8) is 0 Å². The topological polar surface area (TPSA) is 65.1 Å². The quantitative estimate of drug-likeness (QED) is 0.792. The molecule has 1 fully saturated rings. The fourth-order valence-electron chi connectivity index (χ4n) is 2.23. The number of ether oxygens (including phenoxy) is 3. The highest BCUT2D eigenvalue weighted by atomic mass is 16.6. The number of rotatable bonds is 3. The molecule has 1 aromatic carbocycles. The minimum atomic E-state index is -1.15. The van der Waals surface area contributed by atoms with Gasteiger partial charge in [0.15, 0.2) is 5.54 Å². The maximum absolute atomic E-state index is 12.2. The lowest BCUT2D eigenvalue weighted by atomic mass is 10.0. The average Bonchev–Trinajstić information content (AvgIpc) is 2.53. The van der Waals surface area contributed by atoms with Crippen molar-refractivity contribution in [1.82, 2.24) is 4.90 Å². The zero-order valence-electron chi connectivity index (χ0n) is 12.2. The van der Waals surface area contributed by atoms with Gasteiger partial charge < -0.3 is 14.2 Å². The van der Waals surface area contributed by atoms with Crippen molar-refractivity contribution in [2.75, 3.05) is 26.9 Å². The number of carbonyl (C=O) groups excluding carboxylic acids is 2. The van der Waals surface area contributed by atoms with E-state index in [0.29, 0.717) is 13.2 Å². The second-order valence-electron chi connectivity index (χ2n) is 5.01. The Labute approximate surface area is 123 Å². The number of carbonyl (C=O) groups is 2. The smallest absolute Gasteiger partial charge is 0.411 e. The summed E-state index contributed by atoms with van der Waals surface area (Å²) in [5, 5.41) is 0. The molecule has 114 valence electrons. The van der Waals surface area contributed by atoms with Gasteiger partial charge in [-0.1, -0.05) is 30.3 Å². The number of morpholine rings is 1. The van der Waals surface area contributed by atoms with Crippen molar-refractivity contribution in [2.24, 2.45) is 0 Å². The lowest BCUT2D eigenvalue weighted by Crippen LogP contribution is -2.62. The van der Waals surface area contributed by atoms with Gasteiger partial charge in [0, 0.05) is 6.54 Å². The largest absolute Gasteiger partial charge is 0.467 e. The molecule has 6 heteroatoms. The first-order valence-corrected chi connectivity index (χ1v) is 6.72. The van der Waals surface area contributed by atoms with Crippen LogP contribution in [0.5, 0.6) is 0 Å². The number of amides is 1. The normalized spacial score (nSPS) is 21.7. The van der Waals surface area contributed by atoms with Crippen molar-refractivity contribution in [3.8, 4) is 0 Å². The van der Waals surface area contributed by atoms with Crippen LogP contribution in [0.15, 0.2) is 30.3 Å². The maximum atomic E-state index is 12.2. The molecule has 1 unspecified atom stereocenters. The lowest BCUT2D eigenvalue weighted by molar-refractivity contribution is -0.163. The average molecular weight is 293 g/mol. The van der Waals surface area contributed by atoms with Crippen molar-refractivity contribution >= 4 is 12.1 Å². The van der Waals surface area contributed by atoms with Crippen molar-refractivity contribution < 1.29 is 23.8 Å². The zero-order chi connectivity index (χ0) is 15.3. The third kappa shape index (κ3) is 3.33. The molecule has 1 aliphatic heterocycles. The number of benzene rings is 1. The molecule has 0 aliphatic carbocycles. The van der Waals surface area contributed by atoms with Crippen LogP contribution in [0.4, 0.5) is 4.79 Å². The Morgan fingerprint density at radius 2 is 2.05 bits per heavy atom. The van der Waals surface area contributed by atoms with E-state index in [1.54, 1.807) is 6.92 Å². The van der Waals surface area contributed by atoms with Gasteiger partial charge in [-0.15, -0.1) is 0 Å². The summed E-state index contributed by atoms with van der Waals surface area (Å²) in [7, 11) is 1.29. The minimum Gasteiger partial charge on any atom is -0.467 e. The molecule has 0 saturated carbocycles. The number of hydrogen-bond donors (Lipinski definition) is 0. The fraction of sp³-hybridized carbons (Fsp3) is 0.467. The Morgan fingerprint density at radius 3 is 2.71 bits per heavy atom. The van der Waals surface area contributed by atoms with Crippen LogP contribution < -0.4 is 0 Å². The van der Waals surface area contributed by atoms with Gasteiger partial charge in [0.05, 0.1) is 20.3 Å². The third-order valence-corrected chi connectivity index (χ3v) is 3.49. The van der Waals surface area contributed by atoms with Gasteiger partial charge in [0.1, 0.15) is 6.61 Å². The van der Waals surface area contributed by atoms with Crippen LogP contribution in [-0.2, 0) is 25.6 Å². The van der Waals surface area contributed by atoms with Gasteiger partial charge in [-0.05, 0) is 12.5 Å². The summed E-state index contributed by atoms with van der Waals surface area (Å²) in [6.07, 6.45) is -0.546. The summed E-state index contributed by atoms with van der Waals surface area (Å²) in [6.45, 7) is 2.53. The molecule has 1 aliphatic rings. The first kappa shape index (κ1) is 15.3. The SMILES string of the molecule is COC(=O)C1(C)COCCN1C(=O)OCc1ccccc1. The molecule has 1 saturated heterocycles. The summed E-state index contributed by atoms with van der Waals surface area (Å²) >= 11 is 0. The van der Waals surface area contributed by atoms with Crippen molar-refractivity contribution in [1.29, 1.82) is 0 Å². The molecule has 1 amide bonds. The van der Waals surface area contributed by atoms with E-state index in [0.717, 1.165) is 5.56 Å². The van der Waals surface area contributed by atoms with E-state index in [-0.39, 0.29) is 13.2 Å². The van der Waals surface area contributed by atoms with Gasteiger partial charge in [-0.2, -0.15) is 0 Å².